The number of hydrogen-bond donors (Lipinski definition) is 2. The molecular weight excluding hydrogens is 301 g/mol. The summed E-state index contributed by atoms with van der Waals surface area (Å²) in [6, 6.07) is 5.83. The molecule has 0 radical (unpaired) electrons. The highest BCUT2D eigenvalue weighted by atomic mass is 19.1. The maximum absolute atomic E-state index is 13.7. The molecule has 1 heterocycles. The van der Waals surface area contributed by atoms with Gasteiger partial charge in [-0.05, 0) is 26.8 Å². The number of amides is 1. The average molecular weight is 319 g/mol. The summed E-state index contributed by atoms with van der Waals surface area (Å²) >= 11 is 0. The number of benzene rings is 1. The molecule has 0 spiro atoms. The first-order valence-electron chi connectivity index (χ1n) is 7.07. The summed E-state index contributed by atoms with van der Waals surface area (Å²) in [6.07, 6.45) is 1.07. The molecule has 0 saturated carbocycles. The van der Waals surface area contributed by atoms with Crippen molar-refractivity contribution in [3.05, 3.63) is 68.2 Å². The highest BCUT2D eigenvalue weighted by molar-refractivity contribution is 5.93. The van der Waals surface area contributed by atoms with Crippen LogP contribution in [0.1, 0.15) is 36.7 Å². The van der Waals surface area contributed by atoms with Crippen molar-refractivity contribution >= 4 is 5.91 Å². The van der Waals surface area contributed by atoms with Gasteiger partial charge in [0, 0.05) is 17.3 Å². The van der Waals surface area contributed by atoms with Crippen molar-refractivity contribution in [1.82, 2.24) is 14.9 Å². The smallest absolute Gasteiger partial charge is 0.328 e. The standard InChI is InChI=1S/C16H18FN3O3/c1-16(2,3)19-13(21)11-8-18-15(23)20(14(11)22)9-10-6-4-5-7-12(10)17/h4-8H,9H2,1-3H3,(H,18,23)(H,19,21). The van der Waals surface area contributed by atoms with E-state index in [0.29, 0.717) is 0 Å². The fraction of sp³-hybridized carbons (Fsp3) is 0.312. The Bertz CT molecular complexity index is 847. The second kappa shape index (κ2) is 6.20. The number of rotatable bonds is 3. The van der Waals surface area contributed by atoms with Crippen molar-refractivity contribution in [3.8, 4) is 0 Å². The van der Waals surface area contributed by atoms with Gasteiger partial charge < -0.3 is 10.3 Å². The first kappa shape index (κ1) is 16.7. The molecule has 6 nitrogen and oxygen atoms in total. The molecule has 2 aromatic rings. The monoisotopic (exact) mass is 319 g/mol. The number of aromatic amines is 1. The van der Waals surface area contributed by atoms with Gasteiger partial charge in [-0.3, -0.25) is 14.2 Å². The Morgan fingerprint density at radius 2 is 1.91 bits per heavy atom. The van der Waals surface area contributed by atoms with Crippen LogP contribution in [-0.2, 0) is 6.54 Å². The van der Waals surface area contributed by atoms with Crippen molar-refractivity contribution in [2.45, 2.75) is 32.9 Å². The Labute approximate surface area is 132 Å². The first-order chi connectivity index (χ1) is 10.7. The summed E-state index contributed by atoms with van der Waals surface area (Å²) < 4.78 is 14.5. The topological polar surface area (TPSA) is 84.0 Å². The number of nitrogens with zero attached hydrogens (tertiary/aromatic N) is 1. The molecule has 0 atom stereocenters. The van der Waals surface area contributed by atoms with Gasteiger partial charge in [-0.25, -0.2) is 9.18 Å². The molecule has 0 saturated heterocycles. The van der Waals surface area contributed by atoms with Crippen molar-refractivity contribution in [3.63, 3.8) is 0 Å². The minimum atomic E-state index is -0.765. The molecule has 1 amide bonds. The van der Waals surface area contributed by atoms with Gasteiger partial charge in [0.1, 0.15) is 11.4 Å². The van der Waals surface area contributed by atoms with E-state index in [9.17, 15) is 18.8 Å². The quantitative estimate of drug-likeness (QED) is 0.893. The zero-order valence-corrected chi connectivity index (χ0v) is 13.1. The van der Waals surface area contributed by atoms with Gasteiger partial charge in [-0.15, -0.1) is 0 Å². The molecule has 2 rings (SSSR count). The number of H-pyrrole nitrogens is 1. The molecule has 0 aliphatic carbocycles. The van der Waals surface area contributed by atoms with E-state index in [-0.39, 0.29) is 17.7 Å². The van der Waals surface area contributed by atoms with Gasteiger partial charge >= 0.3 is 5.69 Å². The lowest BCUT2D eigenvalue weighted by Gasteiger charge is -2.20. The van der Waals surface area contributed by atoms with Gasteiger partial charge in [-0.1, -0.05) is 18.2 Å². The van der Waals surface area contributed by atoms with Crippen LogP contribution in [0.4, 0.5) is 4.39 Å². The second-order valence-electron chi connectivity index (χ2n) is 6.19. The predicted octanol–water partition coefficient (Wildman–Crippen LogP) is 1.25. The van der Waals surface area contributed by atoms with Crippen LogP contribution in [0.2, 0.25) is 0 Å². The maximum Gasteiger partial charge on any atom is 0.328 e. The minimum absolute atomic E-state index is 0.188. The first-order valence-corrected chi connectivity index (χ1v) is 7.07. The molecule has 0 fully saturated rings. The SMILES string of the molecule is CC(C)(C)NC(=O)c1c[nH]c(=O)n(Cc2ccccc2F)c1=O. The van der Waals surface area contributed by atoms with E-state index in [0.717, 1.165) is 10.8 Å². The summed E-state index contributed by atoms with van der Waals surface area (Å²) in [5, 5.41) is 2.65. The minimum Gasteiger partial charge on any atom is -0.347 e. The van der Waals surface area contributed by atoms with Crippen molar-refractivity contribution in [2.24, 2.45) is 0 Å². The molecule has 2 N–H and O–H groups in total. The van der Waals surface area contributed by atoms with Gasteiger partial charge in [0.2, 0.25) is 0 Å². The van der Waals surface area contributed by atoms with Gasteiger partial charge in [0.05, 0.1) is 6.54 Å². The predicted molar refractivity (Wildman–Crippen MR) is 84.0 cm³/mol. The van der Waals surface area contributed by atoms with E-state index >= 15 is 0 Å². The average Bonchev–Trinajstić information content (AvgIpc) is 2.43. The van der Waals surface area contributed by atoms with E-state index in [1.54, 1.807) is 26.8 Å². The molecule has 1 aromatic carbocycles. The zero-order valence-electron chi connectivity index (χ0n) is 13.1. The lowest BCUT2D eigenvalue weighted by Crippen LogP contribution is -2.45. The summed E-state index contributed by atoms with van der Waals surface area (Å²) in [7, 11) is 0. The van der Waals surface area contributed by atoms with E-state index < -0.39 is 28.5 Å². The Hall–Kier alpha value is -2.70. The van der Waals surface area contributed by atoms with Crippen molar-refractivity contribution in [2.75, 3.05) is 0 Å². The molecular formula is C16H18FN3O3. The van der Waals surface area contributed by atoms with E-state index in [4.69, 9.17) is 0 Å². The molecule has 0 unspecified atom stereocenters. The van der Waals surface area contributed by atoms with Crippen LogP contribution < -0.4 is 16.6 Å². The fourth-order valence-electron chi connectivity index (χ4n) is 2.02. The molecule has 0 bridgehead atoms. The zero-order chi connectivity index (χ0) is 17.2. The van der Waals surface area contributed by atoms with Crippen LogP contribution in [-0.4, -0.2) is 21.0 Å². The van der Waals surface area contributed by atoms with Crippen LogP contribution in [0.5, 0.6) is 0 Å². The number of aromatic nitrogens is 2. The van der Waals surface area contributed by atoms with Crippen LogP contribution in [0.25, 0.3) is 0 Å². The third-order valence-corrected chi connectivity index (χ3v) is 3.08. The van der Waals surface area contributed by atoms with Gasteiger partial charge in [0.25, 0.3) is 11.5 Å². The van der Waals surface area contributed by atoms with Crippen molar-refractivity contribution in [1.29, 1.82) is 0 Å². The molecule has 122 valence electrons. The molecule has 0 aliphatic rings. The number of hydrogen-bond acceptors (Lipinski definition) is 3. The summed E-state index contributed by atoms with van der Waals surface area (Å²) in [5.74, 6) is -1.12. The third kappa shape index (κ3) is 3.94. The third-order valence-electron chi connectivity index (χ3n) is 3.08. The Balaban J connectivity index is 2.44. The Kier molecular flexibility index (Phi) is 4.49. The molecule has 23 heavy (non-hydrogen) atoms. The fourth-order valence-corrected chi connectivity index (χ4v) is 2.02. The summed E-state index contributed by atoms with van der Waals surface area (Å²) in [5.41, 5.74) is -2.01. The van der Waals surface area contributed by atoms with Crippen molar-refractivity contribution < 1.29 is 9.18 Å². The lowest BCUT2D eigenvalue weighted by molar-refractivity contribution is 0.0917. The van der Waals surface area contributed by atoms with Crippen LogP contribution in [0.3, 0.4) is 0 Å². The highest BCUT2D eigenvalue weighted by Gasteiger charge is 2.20. The maximum atomic E-state index is 13.7. The molecule has 7 heteroatoms. The normalized spacial score (nSPS) is 11.3. The van der Waals surface area contributed by atoms with Gasteiger partial charge in [0.15, 0.2) is 0 Å². The highest BCUT2D eigenvalue weighted by Crippen LogP contribution is 2.07. The largest absolute Gasteiger partial charge is 0.347 e. The number of carbonyl (C=O) groups is 1. The van der Waals surface area contributed by atoms with Crippen LogP contribution >= 0.6 is 0 Å². The summed E-state index contributed by atoms with van der Waals surface area (Å²) in [4.78, 5) is 38.7. The second-order valence-corrected chi connectivity index (χ2v) is 6.19. The molecule has 1 aromatic heterocycles. The number of nitrogens with one attached hydrogen (secondary N) is 2. The molecule has 0 aliphatic heterocycles. The van der Waals surface area contributed by atoms with Crippen LogP contribution in [0, 0.1) is 5.82 Å². The number of carbonyl (C=O) groups excluding carboxylic acids is 1. The lowest BCUT2D eigenvalue weighted by atomic mass is 10.1. The number of halogens is 1. The van der Waals surface area contributed by atoms with Crippen LogP contribution in [0.15, 0.2) is 40.1 Å². The van der Waals surface area contributed by atoms with E-state index in [2.05, 4.69) is 10.3 Å². The Morgan fingerprint density at radius 3 is 2.52 bits per heavy atom. The Morgan fingerprint density at radius 1 is 1.26 bits per heavy atom. The van der Waals surface area contributed by atoms with E-state index in [1.807, 2.05) is 0 Å². The van der Waals surface area contributed by atoms with E-state index in [1.165, 1.54) is 18.2 Å². The van der Waals surface area contributed by atoms with Gasteiger partial charge in [-0.2, -0.15) is 0 Å². The summed E-state index contributed by atoms with van der Waals surface area (Å²) in [6.45, 7) is 5.06.